The number of nitrogens with one attached hydrogen (secondary N) is 1. The molecule has 3 nitrogen and oxygen atoms in total. The summed E-state index contributed by atoms with van der Waals surface area (Å²) in [5.41, 5.74) is 3.71. The maximum atomic E-state index is 5.81. The van der Waals surface area contributed by atoms with Crippen LogP contribution in [0.25, 0.3) is 0 Å². The van der Waals surface area contributed by atoms with E-state index in [0.717, 1.165) is 25.4 Å². The van der Waals surface area contributed by atoms with Gasteiger partial charge in [-0.1, -0.05) is 23.3 Å². The van der Waals surface area contributed by atoms with Crippen LogP contribution in [0, 0.1) is 6.92 Å². The fraction of sp³-hybridized carbons (Fsp3) is 0.500. The van der Waals surface area contributed by atoms with Crippen molar-refractivity contribution in [3.63, 3.8) is 0 Å². The van der Waals surface area contributed by atoms with Crippen LogP contribution in [0.5, 0.6) is 5.75 Å². The van der Waals surface area contributed by atoms with Crippen molar-refractivity contribution in [3.05, 3.63) is 41.0 Å². The molecule has 1 rings (SSSR count). The third-order valence-electron chi connectivity index (χ3n) is 2.74. The molecule has 0 unspecified atom stereocenters. The lowest BCUT2D eigenvalue weighted by Gasteiger charge is -2.12. The highest BCUT2D eigenvalue weighted by atomic mass is 16.5. The Morgan fingerprint density at radius 3 is 2.79 bits per heavy atom. The van der Waals surface area contributed by atoms with Crippen molar-refractivity contribution in [3.8, 4) is 5.75 Å². The number of rotatable bonds is 8. The molecule has 1 aromatic carbocycles. The molecule has 0 aliphatic carbocycles. The predicted molar refractivity (Wildman–Crippen MR) is 79.7 cm³/mol. The van der Waals surface area contributed by atoms with Gasteiger partial charge >= 0.3 is 0 Å². The first-order valence-electron chi connectivity index (χ1n) is 6.69. The Morgan fingerprint density at radius 2 is 2.11 bits per heavy atom. The van der Waals surface area contributed by atoms with Gasteiger partial charge in [-0.05, 0) is 32.9 Å². The van der Waals surface area contributed by atoms with Gasteiger partial charge in [0.05, 0.1) is 6.61 Å². The van der Waals surface area contributed by atoms with E-state index in [4.69, 9.17) is 9.47 Å². The predicted octanol–water partition coefficient (Wildman–Crippen LogP) is 3.08. The SMILES string of the molecule is COCCNCc1cc(C)ccc1OCC=C(C)C. The van der Waals surface area contributed by atoms with Gasteiger partial charge in [0.1, 0.15) is 12.4 Å². The standard InChI is InChI=1S/C16H25NO2/c1-13(2)7-9-19-16-6-5-14(3)11-15(16)12-17-8-10-18-4/h5-7,11,17H,8-10,12H2,1-4H3. The lowest BCUT2D eigenvalue weighted by Crippen LogP contribution is -2.19. The van der Waals surface area contributed by atoms with Crippen molar-refractivity contribution in [1.82, 2.24) is 5.32 Å². The Morgan fingerprint density at radius 1 is 1.32 bits per heavy atom. The van der Waals surface area contributed by atoms with Gasteiger partial charge in [0.25, 0.3) is 0 Å². The Bertz CT molecular complexity index is 409. The Balaban J connectivity index is 2.60. The summed E-state index contributed by atoms with van der Waals surface area (Å²) in [5.74, 6) is 0.952. The third-order valence-corrected chi connectivity index (χ3v) is 2.74. The number of benzene rings is 1. The second kappa shape index (κ2) is 8.73. The molecule has 0 aliphatic rings. The zero-order valence-electron chi connectivity index (χ0n) is 12.5. The number of hydrogen-bond acceptors (Lipinski definition) is 3. The Labute approximate surface area is 116 Å². The molecule has 106 valence electrons. The fourth-order valence-electron chi connectivity index (χ4n) is 1.68. The monoisotopic (exact) mass is 263 g/mol. The first-order chi connectivity index (χ1) is 9.13. The molecule has 1 N–H and O–H groups in total. The van der Waals surface area contributed by atoms with Gasteiger partial charge in [0.2, 0.25) is 0 Å². The average Bonchev–Trinajstić information content (AvgIpc) is 2.36. The fourth-order valence-corrected chi connectivity index (χ4v) is 1.68. The summed E-state index contributed by atoms with van der Waals surface area (Å²) in [6.07, 6.45) is 2.09. The van der Waals surface area contributed by atoms with Crippen LogP contribution in [0.1, 0.15) is 25.0 Å². The molecule has 0 aromatic heterocycles. The minimum absolute atomic E-state index is 0.621. The van der Waals surface area contributed by atoms with Crippen LogP contribution < -0.4 is 10.1 Å². The summed E-state index contributed by atoms with van der Waals surface area (Å²) < 4.78 is 10.8. The van der Waals surface area contributed by atoms with Crippen molar-refractivity contribution < 1.29 is 9.47 Å². The number of hydrogen-bond donors (Lipinski definition) is 1. The summed E-state index contributed by atoms with van der Waals surface area (Å²) in [6.45, 7) is 9.24. The molecule has 0 saturated heterocycles. The molecule has 0 saturated carbocycles. The lowest BCUT2D eigenvalue weighted by atomic mass is 10.1. The van der Waals surface area contributed by atoms with E-state index in [-0.39, 0.29) is 0 Å². The molecule has 0 spiro atoms. The zero-order valence-corrected chi connectivity index (χ0v) is 12.5. The number of aryl methyl sites for hydroxylation is 1. The highest BCUT2D eigenvalue weighted by Gasteiger charge is 2.03. The van der Waals surface area contributed by atoms with Gasteiger partial charge in [-0.15, -0.1) is 0 Å². The van der Waals surface area contributed by atoms with Crippen LogP contribution in [0.4, 0.5) is 0 Å². The second-order valence-electron chi connectivity index (χ2n) is 4.87. The molecular formula is C16H25NO2. The van der Waals surface area contributed by atoms with E-state index in [1.807, 2.05) is 6.07 Å². The summed E-state index contributed by atoms with van der Waals surface area (Å²) in [7, 11) is 1.71. The highest BCUT2D eigenvalue weighted by molar-refractivity contribution is 5.37. The largest absolute Gasteiger partial charge is 0.489 e. The lowest BCUT2D eigenvalue weighted by molar-refractivity contribution is 0.199. The molecule has 0 radical (unpaired) electrons. The van der Waals surface area contributed by atoms with Crippen molar-refractivity contribution in [1.29, 1.82) is 0 Å². The van der Waals surface area contributed by atoms with Gasteiger partial charge in [0, 0.05) is 25.8 Å². The van der Waals surface area contributed by atoms with Crippen LogP contribution in [0.15, 0.2) is 29.8 Å². The van der Waals surface area contributed by atoms with E-state index >= 15 is 0 Å². The summed E-state index contributed by atoms with van der Waals surface area (Å²) in [6, 6.07) is 6.29. The van der Waals surface area contributed by atoms with E-state index in [0.29, 0.717) is 6.61 Å². The number of ether oxygens (including phenoxy) is 2. The van der Waals surface area contributed by atoms with Crippen LogP contribution in [0.3, 0.4) is 0 Å². The maximum absolute atomic E-state index is 5.81. The molecule has 0 aliphatic heterocycles. The number of allylic oxidation sites excluding steroid dienone is 1. The number of methoxy groups -OCH3 is 1. The molecule has 0 amide bonds. The van der Waals surface area contributed by atoms with Gasteiger partial charge in [-0.25, -0.2) is 0 Å². The zero-order chi connectivity index (χ0) is 14.1. The first-order valence-corrected chi connectivity index (χ1v) is 6.69. The molecule has 0 fully saturated rings. The average molecular weight is 263 g/mol. The van der Waals surface area contributed by atoms with E-state index < -0.39 is 0 Å². The molecule has 1 aromatic rings. The molecule has 19 heavy (non-hydrogen) atoms. The Hall–Kier alpha value is -1.32. The van der Waals surface area contributed by atoms with Crippen LogP contribution >= 0.6 is 0 Å². The summed E-state index contributed by atoms with van der Waals surface area (Å²) >= 11 is 0. The van der Waals surface area contributed by atoms with Gasteiger partial charge in [-0.3, -0.25) is 0 Å². The van der Waals surface area contributed by atoms with Crippen LogP contribution in [0.2, 0.25) is 0 Å². The van der Waals surface area contributed by atoms with Gasteiger partial charge < -0.3 is 14.8 Å². The summed E-state index contributed by atoms with van der Waals surface area (Å²) in [4.78, 5) is 0. The summed E-state index contributed by atoms with van der Waals surface area (Å²) in [5, 5.41) is 3.35. The molecule has 0 bridgehead atoms. The highest BCUT2D eigenvalue weighted by Crippen LogP contribution is 2.20. The minimum Gasteiger partial charge on any atom is -0.489 e. The van der Waals surface area contributed by atoms with E-state index in [2.05, 4.69) is 44.3 Å². The van der Waals surface area contributed by atoms with Gasteiger partial charge in [-0.2, -0.15) is 0 Å². The van der Waals surface area contributed by atoms with E-state index in [9.17, 15) is 0 Å². The second-order valence-corrected chi connectivity index (χ2v) is 4.87. The third kappa shape index (κ3) is 6.41. The van der Waals surface area contributed by atoms with Crippen molar-refractivity contribution in [2.45, 2.75) is 27.3 Å². The van der Waals surface area contributed by atoms with E-state index in [1.165, 1.54) is 16.7 Å². The van der Waals surface area contributed by atoms with Crippen LogP contribution in [-0.4, -0.2) is 26.9 Å². The quantitative estimate of drug-likeness (QED) is 0.577. The minimum atomic E-state index is 0.621. The topological polar surface area (TPSA) is 30.5 Å². The van der Waals surface area contributed by atoms with Crippen LogP contribution in [-0.2, 0) is 11.3 Å². The van der Waals surface area contributed by atoms with Crippen molar-refractivity contribution in [2.24, 2.45) is 0 Å². The van der Waals surface area contributed by atoms with Crippen molar-refractivity contribution >= 4 is 0 Å². The molecule has 3 heteroatoms. The molecule has 0 heterocycles. The van der Waals surface area contributed by atoms with Crippen molar-refractivity contribution in [2.75, 3.05) is 26.9 Å². The van der Waals surface area contributed by atoms with Gasteiger partial charge in [0.15, 0.2) is 0 Å². The first kappa shape index (κ1) is 15.7. The maximum Gasteiger partial charge on any atom is 0.124 e. The van der Waals surface area contributed by atoms with E-state index in [1.54, 1.807) is 7.11 Å². The smallest absolute Gasteiger partial charge is 0.124 e. The Kier molecular flexibility index (Phi) is 7.23. The molecule has 0 atom stereocenters. The normalized spacial score (nSPS) is 10.3. The molecular weight excluding hydrogens is 238 g/mol.